The summed E-state index contributed by atoms with van der Waals surface area (Å²) in [6, 6.07) is 58.0. The zero-order valence-electron chi connectivity index (χ0n) is 28.1. The quantitative estimate of drug-likeness (QED) is 0.174. The molecule has 9 aromatic rings. The summed E-state index contributed by atoms with van der Waals surface area (Å²) in [7, 11) is 0. The van der Waals surface area contributed by atoms with Crippen LogP contribution in [0.1, 0.15) is 30.0 Å². The Kier molecular flexibility index (Phi) is 6.78. The second-order valence-electron chi connectivity index (χ2n) is 13.4. The Morgan fingerprint density at radius 3 is 1.92 bits per heavy atom. The molecule has 1 aliphatic heterocycles. The lowest BCUT2D eigenvalue weighted by Gasteiger charge is -2.14. The molecule has 0 radical (unpaired) electrons. The minimum atomic E-state index is 0.651. The molecule has 0 atom stereocenters. The lowest BCUT2D eigenvalue weighted by molar-refractivity contribution is 0.669. The smallest absolute Gasteiger partial charge is 0.160 e. The number of rotatable bonds is 4. The van der Waals surface area contributed by atoms with Gasteiger partial charge < -0.3 is 4.42 Å². The Morgan fingerprint density at radius 1 is 0.451 bits per heavy atom. The lowest BCUT2D eigenvalue weighted by atomic mass is 9.91. The van der Waals surface area contributed by atoms with Gasteiger partial charge in [0, 0.05) is 28.3 Å². The molecule has 8 aromatic carbocycles. The molecule has 0 fully saturated rings. The number of allylic oxidation sites excluding steroid dienone is 1. The number of furan rings is 1. The van der Waals surface area contributed by atoms with E-state index in [4.69, 9.17) is 14.4 Å². The first-order valence-electron chi connectivity index (χ1n) is 17.5. The summed E-state index contributed by atoms with van der Waals surface area (Å²) >= 11 is 0. The van der Waals surface area contributed by atoms with Gasteiger partial charge in [0.25, 0.3) is 0 Å². The van der Waals surface area contributed by atoms with Crippen LogP contribution in [0.2, 0.25) is 0 Å². The van der Waals surface area contributed by atoms with Crippen LogP contribution in [0, 0.1) is 0 Å². The molecule has 2 heterocycles. The van der Waals surface area contributed by atoms with Crippen molar-refractivity contribution in [2.75, 3.05) is 0 Å². The van der Waals surface area contributed by atoms with Crippen LogP contribution in [0.25, 0.3) is 71.1 Å². The van der Waals surface area contributed by atoms with Crippen molar-refractivity contribution in [2.45, 2.75) is 13.3 Å². The predicted molar refractivity (Wildman–Crippen MR) is 215 cm³/mol. The molecule has 0 saturated heterocycles. The second kappa shape index (κ2) is 11.8. The normalized spacial score (nSPS) is 13.7. The fourth-order valence-electron chi connectivity index (χ4n) is 7.85. The van der Waals surface area contributed by atoms with E-state index >= 15 is 0 Å². The Bertz CT molecular complexity index is 2940. The van der Waals surface area contributed by atoms with Gasteiger partial charge >= 0.3 is 0 Å². The van der Waals surface area contributed by atoms with E-state index in [0.717, 1.165) is 50.0 Å². The largest absolute Gasteiger partial charge is 0.456 e. The Morgan fingerprint density at radius 2 is 1.10 bits per heavy atom. The highest BCUT2D eigenvalue weighted by Crippen LogP contribution is 2.39. The molecule has 0 saturated carbocycles. The third-order valence-electron chi connectivity index (χ3n) is 10.2. The maximum atomic E-state index is 6.36. The fraction of sp³-hybridized carbons (Fsp3) is 0.0417. The SMILES string of the molecule is CC1=C(c2cc3ccccc3c3ccccc23)N=C(c2cccc3oc4ccccc4c23)N=C(c2cc(-c3ccccc3)c3ccccc3c2)C1. The fourth-order valence-corrected chi connectivity index (χ4v) is 7.85. The molecular formula is C48H32N2O. The van der Waals surface area contributed by atoms with Crippen molar-refractivity contribution in [1.82, 2.24) is 0 Å². The molecule has 51 heavy (non-hydrogen) atoms. The molecule has 0 bridgehead atoms. The van der Waals surface area contributed by atoms with E-state index < -0.39 is 0 Å². The summed E-state index contributed by atoms with van der Waals surface area (Å²) in [4.78, 5) is 11.1. The van der Waals surface area contributed by atoms with Crippen molar-refractivity contribution in [3.05, 3.63) is 186 Å². The van der Waals surface area contributed by atoms with Crippen LogP contribution in [-0.2, 0) is 0 Å². The molecule has 0 unspecified atom stereocenters. The van der Waals surface area contributed by atoms with Crippen LogP contribution >= 0.6 is 0 Å². The summed E-state index contributed by atoms with van der Waals surface area (Å²) in [6.07, 6.45) is 0.651. The van der Waals surface area contributed by atoms with Gasteiger partial charge in [-0.2, -0.15) is 0 Å². The molecule has 1 aromatic heterocycles. The molecule has 0 spiro atoms. The van der Waals surface area contributed by atoms with E-state index in [1.54, 1.807) is 0 Å². The molecule has 0 N–H and O–H groups in total. The number of aliphatic imine (C=N–C) groups is 2. The minimum absolute atomic E-state index is 0.651. The number of fused-ring (bicyclic) bond motifs is 7. The van der Waals surface area contributed by atoms with E-state index in [0.29, 0.717) is 12.3 Å². The number of amidine groups is 1. The van der Waals surface area contributed by atoms with Gasteiger partial charge in [-0.15, -0.1) is 0 Å². The van der Waals surface area contributed by atoms with Gasteiger partial charge in [-0.25, -0.2) is 9.98 Å². The number of hydrogen-bond donors (Lipinski definition) is 0. The minimum Gasteiger partial charge on any atom is -0.456 e. The summed E-state index contributed by atoms with van der Waals surface area (Å²) < 4.78 is 6.36. The maximum Gasteiger partial charge on any atom is 0.160 e. The Labute approximate surface area is 295 Å². The molecule has 1 aliphatic rings. The standard InChI is InChI=1S/C48H32N2O/c1-30-26-43(34-27-32-16-5-8-19-36(32)41(29-34)31-14-3-2-4-15-31)49-48(40-23-13-25-45-46(40)39-22-11-12-24-44(39)51-45)50-47(30)42-28-33-17-6-7-18-35(33)37-20-9-10-21-38(37)42/h2-25,27-29H,26H2,1H3. The number of benzene rings is 8. The Hall–Kier alpha value is -6.58. The van der Waals surface area contributed by atoms with Gasteiger partial charge in [0.1, 0.15) is 11.2 Å². The van der Waals surface area contributed by atoms with Crippen molar-refractivity contribution >= 4 is 71.5 Å². The average Bonchev–Trinajstić information content (AvgIpc) is 3.48. The van der Waals surface area contributed by atoms with Gasteiger partial charge in [-0.05, 0) is 91.8 Å². The van der Waals surface area contributed by atoms with E-state index in [1.807, 2.05) is 24.3 Å². The first-order valence-corrected chi connectivity index (χ1v) is 17.5. The van der Waals surface area contributed by atoms with Crippen molar-refractivity contribution in [3.63, 3.8) is 0 Å². The van der Waals surface area contributed by atoms with E-state index in [-0.39, 0.29) is 0 Å². The van der Waals surface area contributed by atoms with Gasteiger partial charge in [-0.1, -0.05) is 133 Å². The molecule has 0 aliphatic carbocycles. The van der Waals surface area contributed by atoms with Crippen LogP contribution in [0.3, 0.4) is 0 Å². The van der Waals surface area contributed by atoms with E-state index in [2.05, 4.69) is 146 Å². The van der Waals surface area contributed by atoms with Crippen molar-refractivity contribution in [2.24, 2.45) is 9.98 Å². The summed E-state index contributed by atoms with van der Waals surface area (Å²) in [6.45, 7) is 2.22. The van der Waals surface area contributed by atoms with E-state index in [9.17, 15) is 0 Å². The van der Waals surface area contributed by atoms with Crippen LogP contribution in [0.5, 0.6) is 0 Å². The van der Waals surface area contributed by atoms with Crippen molar-refractivity contribution in [1.29, 1.82) is 0 Å². The van der Waals surface area contributed by atoms with Crippen molar-refractivity contribution < 1.29 is 4.42 Å². The van der Waals surface area contributed by atoms with Gasteiger partial charge in [0.05, 0.1) is 11.4 Å². The summed E-state index contributed by atoms with van der Waals surface area (Å²) in [5.74, 6) is 0.681. The third kappa shape index (κ3) is 4.89. The highest BCUT2D eigenvalue weighted by molar-refractivity contribution is 6.24. The van der Waals surface area contributed by atoms with Crippen LogP contribution in [-0.4, -0.2) is 11.5 Å². The van der Waals surface area contributed by atoms with Gasteiger partial charge in [-0.3, -0.25) is 0 Å². The molecule has 240 valence electrons. The molecule has 0 amide bonds. The number of para-hydroxylation sites is 1. The third-order valence-corrected chi connectivity index (χ3v) is 10.2. The average molecular weight is 653 g/mol. The summed E-state index contributed by atoms with van der Waals surface area (Å²) in [5, 5.41) is 9.33. The predicted octanol–water partition coefficient (Wildman–Crippen LogP) is 12.8. The molecule has 3 nitrogen and oxygen atoms in total. The zero-order valence-corrected chi connectivity index (χ0v) is 28.1. The molecular weight excluding hydrogens is 621 g/mol. The van der Waals surface area contributed by atoms with Gasteiger partial charge in [0.2, 0.25) is 0 Å². The van der Waals surface area contributed by atoms with Gasteiger partial charge in [0.15, 0.2) is 5.84 Å². The monoisotopic (exact) mass is 652 g/mol. The number of nitrogens with zero attached hydrogens (tertiary/aromatic N) is 2. The zero-order chi connectivity index (χ0) is 33.9. The van der Waals surface area contributed by atoms with Crippen LogP contribution in [0.15, 0.2) is 184 Å². The van der Waals surface area contributed by atoms with E-state index in [1.165, 1.54) is 49.0 Å². The summed E-state index contributed by atoms with van der Waals surface area (Å²) in [5.41, 5.74) is 10.3. The maximum absolute atomic E-state index is 6.36. The molecule has 10 rings (SSSR count). The first-order chi connectivity index (χ1) is 25.2. The topological polar surface area (TPSA) is 37.9 Å². The van der Waals surface area contributed by atoms with Crippen LogP contribution in [0.4, 0.5) is 0 Å². The highest BCUT2D eigenvalue weighted by Gasteiger charge is 2.23. The molecule has 3 heteroatoms. The highest BCUT2D eigenvalue weighted by atomic mass is 16.3. The lowest BCUT2D eigenvalue weighted by Crippen LogP contribution is -2.07. The van der Waals surface area contributed by atoms with Crippen LogP contribution < -0.4 is 0 Å². The number of hydrogen-bond acceptors (Lipinski definition) is 3. The Balaban J connectivity index is 1.27. The first kappa shape index (κ1) is 29.3. The van der Waals surface area contributed by atoms with Crippen molar-refractivity contribution in [3.8, 4) is 11.1 Å². The second-order valence-corrected chi connectivity index (χ2v) is 13.4.